The van der Waals surface area contributed by atoms with Crippen LogP contribution in [0.15, 0.2) is 12.2 Å². The molecule has 0 spiro atoms. The average Bonchev–Trinajstić information content (AvgIpc) is 3.37. The van der Waals surface area contributed by atoms with Crippen molar-refractivity contribution in [1.82, 2.24) is 5.32 Å². The zero-order valence-corrected chi connectivity index (χ0v) is 48.2. The highest BCUT2D eigenvalue weighted by molar-refractivity contribution is 5.76. The Bertz CT molecular complexity index is 1060. The summed E-state index contributed by atoms with van der Waals surface area (Å²) in [4.78, 5) is 24.5. The van der Waals surface area contributed by atoms with Crippen molar-refractivity contribution in [3.63, 3.8) is 0 Å². The van der Waals surface area contributed by atoms with Crippen LogP contribution in [0.4, 0.5) is 0 Å². The molecule has 0 saturated carbocycles. The molecule has 71 heavy (non-hydrogen) atoms. The first kappa shape index (κ1) is 69.6. The number of aliphatic hydroxyl groups is 2. The summed E-state index contributed by atoms with van der Waals surface area (Å²) in [6.45, 7) is 4.93. The van der Waals surface area contributed by atoms with Crippen LogP contribution >= 0.6 is 0 Å². The zero-order chi connectivity index (χ0) is 51.4. The predicted octanol–water partition coefficient (Wildman–Crippen LogP) is 20.4. The van der Waals surface area contributed by atoms with Gasteiger partial charge in [0, 0.05) is 12.8 Å². The second-order valence-corrected chi connectivity index (χ2v) is 22.5. The third-order valence-electron chi connectivity index (χ3n) is 15.3. The Kier molecular flexibility index (Phi) is 59.9. The van der Waals surface area contributed by atoms with E-state index in [-0.39, 0.29) is 18.5 Å². The molecule has 0 bridgehead atoms. The molecule has 0 aromatic rings. The van der Waals surface area contributed by atoms with Crippen molar-refractivity contribution in [1.29, 1.82) is 0 Å². The van der Waals surface area contributed by atoms with E-state index in [1.807, 2.05) is 6.08 Å². The summed E-state index contributed by atoms with van der Waals surface area (Å²) in [5, 5.41) is 23.1. The van der Waals surface area contributed by atoms with Crippen molar-refractivity contribution < 1.29 is 24.5 Å². The maximum Gasteiger partial charge on any atom is 0.305 e. The number of esters is 1. The van der Waals surface area contributed by atoms with Crippen molar-refractivity contribution in [2.45, 2.75) is 379 Å². The first-order valence-electron chi connectivity index (χ1n) is 32.5. The molecule has 0 aromatic carbocycles. The van der Waals surface area contributed by atoms with Gasteiger partial charge in [0.1, 0.15) is 0 Å². The monoisotopic (exact) mass is 1000 g/mol. The van der Waals surface area contributed by atoms with Crippen LogP contribution in [-0.4, -0.2) is 47.4 Å². The lowest BCUT2D eigenvalue weighted by atomic mass is 10.0. The summed E-state index contributed by atoms with van der Waals surface area (Å²) < 4.78 is 5.48. The molecular formula is C65H127NO5. The van der Waals surface area contributed by atoms with Gasteiger partial charge in [-0.3, -0.25) is 9.59 Å². The number of ether oxygens (including phenoxy) is 1. The zero-order valence-electron chi connectivity index (χ0n) is 48.2. The molecule has 3 N–H and O–H groups in total. The van der Waals surface area contributed by atoms with Crippen molar-refractivity contribution >= 4 is 11.9 Å². The lowest BCUT2D eigenvalue weighted by Crippen LogP contribution is -2.45. The Morgan fingerprint density at radius 3 is 0.958 bits per heavy atom. The molecule has 2 unspecified atom stereocenters. The van der Waals surface area contributed by atoms with E-state index in [9.17, 15) is 19.8 Å². The minimum absolute atomic E-state index is 0.0190. The number of unbranched alkanes of at least 4 members (excludes halogenated alkanes) is 50. The number of carbonyl (C=O) groups is 2. The van der Waals surface area contributed by atoms with Crippen LogP contribution in [0.5, 0.6) is 0 Å². The molecule has 0 aliphatic heterocycles. The summed E-state index contributed by atoms with van der Waals surface area (Å²) in [6.07, 6.45) is 74.1. The summed E-state index contributed by atoms with van der Waals surface area (Å²) in [5.41, 5.74) is 0. The van der Waals surface area contributed by atoms with Gasteiger partial charge in [-0.15, -0.1) is 0 Å². The van der Waals surface area contributed by atoms with E-state index in [4.69, 9.17) is 4.74 Å². The summed E-state index contributed by atoms with van der Waals surface area (Å²) in [5.74, 6) is -0.0438. The molecule has 0 heterocycles. The van der Waals surface area contributed by atoms with E-state index in [2.05, 4.69) is 19.2 Å². The largest absolute Gasteiger partial charge is 0.466 e. The van der Waals surface area contributed by atoms with E-state index in [1.54, 1.807) is 6.08 Å². The van der Waals surface area contributed by atoms with Crippen LogP contribution < -0.4 is 5.32 Å². The van der Waals surface area contributed by atoms with Gasteiger partial charge in [0.25, 0.3) is 0 Å². The minimum Gasteiger partial charge on any atom is -0.466 e. The highest BCUT2D eigenvalue weighted by Crippen LogP contribution is 2.18. The van der Waals surface area contributed by atoms with Crippen molar-refractivity contribution in [2.75, 3.05) is 13.2 Å². The average molecular weight is 1000 g/mol. The first-order chi connectivity index (χ1) is 35.0. The topological polar surface area (TPSA) is 95.9 Å². The number of nitrogens with one attached hydrogen (secondary N) is 1. The molecule has 6 heteroatoms. The molecule has 6 nitrogen and oxygen atoms in total. The van der Waals surface area contributed by atoms with Crippen LogP contribution in [0.1, 0.15) is 367 Å². The number of allylic oxidation sites excluding steroid dienone is 1. The Morgan fingerprint density at radius 2 is 0.648 bits per heavy atom. The van der Waals surface area contributed by atoms with Crippen LogP contribution in [0.3, 0.4) is 0 Å². The number of rotatable bonds is 61. The normalized spacial score (nSPS) is 12.6. The van der Waals surface area contributed by atoms with Gasteiger partial charge in [-0.2, -0.15) is 0 Å². The lowest BCUT2D eigenvalue weighted by Gasteiger charge is -2.20. The molecule has 0 aliphatic rings. The smallest absolute Gasteiger partial charge is 0.305 e. The Balaban J connectivity index is 3.36. The van der Waals surface area contributed by atoms with Crippen LogP contribution in [0.2, 0.25) is 0 Å². The molecule has 0 rings (SSSR count). The van der Waals surface area contributed by atoms with Crippen LogP contribution in [-0.2, 0) is 14.3 Å². The fourth-order valence-electron chi connectivity index (χ4n) is 10.3. The van der Waals surface area contributed by atoms with Crippen LogP contribution in [0, 0.1) is 0 Å². The maximum atomic E-state index is 12.5. The number of hydrogen-bond donors (Lipinski definition) is 3. The number of aliphatic hydroxyl groups excluding tert-OH is 2. The van der Waals surface area contributed by atoms with E-state index < -0.39 is 12.1 Å². The first-order valence-corrected chi connectivity index (χ1v) is 32.5. The van der Waals surface area contributed by atoms with Crippen molar-refractivity contribution in [3.05, 3.63) is 12.2 Å². The molecule has 0 radical (unpaired) electrons. The van der Waals surface area contributed by atoms with Gasteiger partial charge >= 0.3 is 5.97 Å². The van der Waals surface area contributed by atoms with E-state index >= 15 is 0 Å². The highest BCUT2D eigenvalue weighted by atomic mass is 16.5. The van der Waals surface area contributed by atoms with Gasteiger partial charge in [0.05, 0.1) is 25.4 Å². The van der Waals surface area contributed by atoms with Gasteiger partial charge in [-0.25, -0.2) is 0 Å². The standard InChI is InChI=1S/C65H127NO5/c1-3-5-7-9-11-13-15-17-31-34-37-41-45-49-53-57-63(68)62(61-67)66-64(69)58-54-50-46-42-38-35-32-29-27-25-23-21-19-18-20-22-24-26-28-30-33-36-40-44-48-52-56-60-71-65(70)59-55-51-47-43-39-16-14-12-10-8-6-4-2/h53,57,62-63,67-68H,3-52,54-56,58-61H2,1-2H3,(H,66,69)/b57-53+. The molecule has 422 valence electrons. The molecule has 1 amide bonds. The van der Waals surface area contributed by atoms with Crippen molar-refractivity contribution in [3.8, 4) is 0 Å². The number of hydrogen-bond acceptors (Lipinski definition) is 5. The third-order valence-corrected chi connectivity index (χ3v) is 15.3. The van der Waals surface area contributed by atoms with E-state index in [0.717, 1.165) is 38.5 Å². The Hall–Kier alpha value is -1.40. The number of carbonyl (C=O) groups excluding carboxylic acids is 2. The quantitative estimate of drug-likeness (QED) is 0.0320. The van der Waals surface area contributed by atoms with Gasteiger partial charge < -0.3 is 20.3 Å². The molecular weight excluding hydrogens is 875 g/mol. The van der Waals surface area contributed by atoms with Gasteiger partial charge in [-0.05, 0) is 32.1 Å². The highest BCUT2D eigenvalue weighted by Gasteiger charge is 2.18. The Morgan fingerprint density at radius 1 is 0.380 bits per heavy atom. The van der Waals surface area contributed by atoms with Gasteiger partial charge in [0.15, 0.2) is 0 Å². The van der Waals surface area contributed by atoms with E-state index in [1.165, 1.54) is 302 Å². The molecule has 0 saturated heterocycles. The molecule has 2 atom stereocenters. The van der Waals surface area contributed by atoms with Gasteiger partial charge in [-0.1, -0.05) is 334 Å². The SMILES string of the molecule is CCCCCCCCCCCCCCC/C=C/C(O)C(CO)NC(=O)CCCCCCCCCCCCCCCCCCCCCCCCCCCCCOC(=O)CCCCCCCCCCCCCC. The molecule has 0 fully saturated rings. The Labute approximate surface area is 444 Å². The molecule has 0 aliphatic carbocycles. The number of amides is 1. The minimum atomic E-state index is -0.841. The second-order valence-electron chi connectivity index (χ2n) is 22.5. The van der Waals surface area contributed by atoms with Crippen LogP contribution in [0.25, 0.3) is 0 Å². The summed E-state index contributed by atoms with van der Waals surface area (Å²) in [6, 6.07) is -0.624. The fourth-order valence-corrected chi connectivity index (χ4v) is 10.3. The third kappa shape index (κ3) is 57.7. The maximum absolute atomic E-state index is 12.5. The van der Waals surface area contributed by atoms with E-state index in [0.29, 0.717) is 19.4 Å². The molecule has 0 aromatic heterocycles. The second kappa shape index (κ2) is 61.1. The lowest BCUT2D eigenvalue weighted by molar-refractivity contribution is -0.143. The van der Waals surface area contributed by atoms with Gasteiger partial charge in [0.2, 0.25) is 5.91 Å². The fraction of sp³-hybridized carbons (Fsp3) is 0.938. The predicted molar refractivity (Wildman–Crippen MR) is 310 cm³/mol. The van der Waals surface area contributed by atoms with Crippen molar-refractivity contribution in [2.24, 2.45) is 0 Å². The summed E-state index contributed by atoms with van der Waals surface area (Å²) in [7, 11) is 0. The summed E-state index contributed by atoms with van der Waals surface area (Å²) >= 11 is 0.